The Morgan fingerprint density at radius 3 is 3.00 bits per heavy atom. The third-order valence-electron chi connectivity index (χ3n) is 4.29. The zero-order chi connectivity index (χ0) is 15.8. The van der Waals surface area contributed by atoms with E-state index in [0.29, 0.717) is 11.9 Å². The summed E-state index contributed by atoms with van der Waals surface area (Å²) in [5, 5.41) is 4.07. The van der Waals surface area contributed by atoms with Crippen molar-refractivity contribution in [3.8, 4) is 11.3 Å². The number of hydrogen-bond donors (Lipinski definition) is 1. The van der Waals surface area contributed by atoms with Gasteiger partial charge in [0.25, 0.3) is 5.56 Å². The Morgan fingerprint density at radius 2 is 2.17 bits per heavy atom. The Kier molecular flexibility index (Phi) is 3.42. The van der Waals surface area contributed by atoms with Crippen LogP contribution in [-0.2, 0) is 13.0 Å². The number of benzene rings is 1. The van der Waals surface area contributed by atoms with Gasteiger partial charge in [0.1, 0.15) is 5.82 Å². The molecule has 0 fully saturated rings. The maximum Gasteiger partial charge on any atom is 0.261 e. The van der Waals surface area contributed by atoms with Gasteiger partial charge in [-0.05, 0) is 31.2 Å². The first-order chi connectivity index (χ1) is 11.2. The summed E-state index contributed by atoms with van der Waals surface area (Å²) in [5.41, 5.74) is 2.67. The molecule has 116 valence electrons. The fraction of sp³-hybridized carbons (Fsp3) is 0.278. The lowest BCUT2D eigenvalue weighted by Crippen LogP contribution is -2.32. The summed E-state index contributed by atoms with van der Waals surface area (Å²) in [6.45, 7) is 3.61. The number of nitrogens with zero attached hydrogens (tertiary/aromatic N) is 3. The van der Waals surface area contributed by atoms with Crippen molar-refractivity contribution in [3.63, 3.8) is 0 Å². The van der Waals surface area contributed by atoms with Gasteiger partial charge in [0.05, 0.1) is 16.6 Å². The summed E-state index contributed by atoms with van der Waals surface area (Å²) in [6.07, 6.45) is 2.54. The van der Waals surface area contributed by atoms with Gasteiger partial charge < -0.3 is 5.32 Å². The van der Waals surface area contributed by atoms with Gasteiger partial charge in [0.15, 0.2) is 0 Å². The largest absolute Gasteiger partial charge is 0.312 e. The van der Waals surface area contributed by atoms with Gasteiger partial charge in [-0.2, -0.15) is 0 Å². The first-order valence-electron chi connectivity index (χ1n) is 7.90. The van der Waals surface area contributed by atoms with Crippen LogP contribution in [0.5, 0.6) is 0 Å². The number of pyridine rings is 1. The molecule has 23 heavy (non-hydrogen) atoms. The third kappa shape index (κ3) is 2.53. The molecular formula is C18H18N4O. The Labute approximate surface area is 134 Å². The SMILES string of the molecule is CC1Cn2c(nc3cc(-c4ccccn4)ccc3c2=O)CCN1. The van der Waals surface area contributed by atoms with Crippen LogP contribution < -0.4 is 10.9 Å². The van der Waals surface area contributed by atoms with Crippen molar-refractivity contribution < 1.29 is 0 Å². The van der Waals surface area contributed by atoms with Gasteiger partial charge in [-0.25, -0.2) is 4.98 Å². The standard InChI is InChI=1S/C18H18N4O/c1-12-11-22-17(7-9-19-12)21-16-10-13(5-6-14(16)18(22)23)15-4-2-3-8-20-15/h2-6,8,10,12,19H,7,9,11H2,1H3. The second-order valence-electron chi connectivity index (χ2n) is 6.00. The van der Waals surface area contributed by atoms with Crippen LogP contribution >= 0.6 is 0 Å². The number of aromatic nitrogens is 3. The topological polar surface area (TPSA) is 59.8 Å². The van der Waals surface area contributed by atoms with Crippen molar-refractivity contribution in [1.29, 1.82) is 0 Å². The minimum Gasteiger partial charge on any atom is -0.312 e. The molecule has 3 aromatic rings. The van der Waals surface area contributed by atoms with Crippen LogP contribution in [0.25, 0.3) is 22.2 Å². The molecule has 4 rings (SSSR count). The average molecular weight is 306 g/mol. The van der Waals surface area contributed by atoms with E-state index in [2.05, 4.69) is 17.2 Å². The van der Waals surface area contributed by atoms with Crippen LogP contribution in [0, 0.1) is 0 Å². The van der Waals surface area contributed by atoms with E-state index in [9.17, 15) is 4.79 Å². The number of fused-ring (bicyclic) bond motifs is 2. The van der Waals surface area contributed by atoms with Crippen LogP contribution in [-0.4, -0.2) is 27.1 Å². The molecule has 1 N–H and O–H groups in total. The minimum absolute atomic E-state index is 0.0492. The highest BCUT2D eigenvalue weighted by Crippen LogP contribution is 2.20. The zero-order valence-corrected chi connectivity index (χ0v) is 13.0. The van der Waals surface area contributed by atoms with Crippen LogP contribution in [0.15, 0.2) is 47.4 Å². The van der Waals surface area contributed by atoms with E-state index in [1.54, 1.807) is 6.20 Å². The van der Waals surface area contributed by atoms with Gasteiger partial charge in [0, 0.05) is 37.3 Å². The monoisotopic (exact) mass is 306 g/mol. The maximum atomic E-state index is 12.8. The lowest BCUT2D eigenvalue weighted by molar-refractivity contribution is 0.502. The van der Waals surface area contributed by atoms with E-state index in [0.717, 1.165) is 35.6 Å². The molecule has 0 saturated carbocycles. The molecule has 1 unspecified atom stereocenters. The quantitative estimate of drug-likeness (QED) is 0.747. The summed E-state index contributed by atoms with van der Waals surface area (Å²) in [7, 11) is 0. The maximum absolute atomic E-state index is 12.8. The lowest BCUT2D eigenvalue weighted by Gasteiger charge is -2.13. The Balaban J connectivity index is 1.90. The summed E-state index contributed by atoms with van der Waals surface area (Å²) in [6, 6.07) is 11.9. The highest BCUT2D eigenvalue weighted by molar-refractivity contribution is 5.83. The van der Waals surface area contributed by atoms with Crippen molar-refractivity contribution in [1.82, 2.24) is 19.9 Å². The van der Waals surface area contributed by atoms with Crippen molar-refractivity contribution in [2.75, 3.05) is 6.54 Å². The highest BCUT2D eigenvalue weighted by Gasteiger charge is 2.17. The fourth-order valence-electron chi connectivity index (χ4n) is 3.11. The van der Waals surface area contributed by atoms with Crippen LogP contribution in [0.4, 0.5) is 0 Å². The molecule has 1 aliphatic rings. The molecule has 1 atom stereocenters. The predicted molar refractivity (Wildman–Crippen MR) is 90.4 cm³/mol. The lowest BCUT2D eigenvalue weighted by atomic mass is 10.1. The summed E-state index contributed by atoms with van der Waals surface area (Å²) < 4.78 is 1.81. The number of hydrogen-bond acceptors (Lipinski definition) is 4. The fourth-order valence-corrected chi connectivity index (χ4v) is 3.11. The average Bonchev–Trinajstić information content (AvgIpc) is 2.77. The van der Waals surface area contributed by atoms with E-state index < -0.39 is 0 Å². The predicted octanol–water partition coefficient (Wildman–Crippen LogP) is 1.99. The van der Waals surface area contributed by atoms with Gasteiger partial charge >= 0.3 is 0 Å². The third-order valence-corrected chi connectivity index (χ3v) is 4.29. The van der Waals surface area contributed by atoms with Crippen LogP contribution in [0.3, 0.4) is 0 Å². The van der Waals surface area contributed by atoms with Crippen LogP contribution in [0.1, 0.15) is 12.7 Å². The molecule has 2 aromatic heterocycles. The first-order valence-corrected chi connectivity index (χ1v) is 7.90. The molecule has 0 spiro atoms. The van der Waals surface area contributed by atoms with Gasteiger partial charge in [-0.3, -0.25) is 14.3 Å². The summed E-state index contributed by atoms with van der Waals surface area (Å²) in [5.74, 6) is 0.859. The molecular weight excluding hydrogens is 288 g/mol. The van der Waals surface area contributed by atoms with E-state index >= 15 is 0 Å². The smallest absolute Gasteiger partial charge is 0.261 e. The number of rotatable bonds is 1. The number of nitrogens with one attached hydrogen (secondary N) is 1. The molecule has 0 saturated heterocycles. The van der Waals surface area contributed by atoms with Crippen LogP contribution in [0.2, 0.25) is 0 Å². The zero-order valence-electron chi connectivity index (χ0n) is 13.0. The molecule has 0 aliphatic carbocycles. The Hall–Kier alpha value is -2.53. The van der Waals surface area contributed by atoms with Gasteiger partial charge in [0.2, 0.25) is 0 Å². The molecule has 5 heteroatoms. The van der Waals surface area contributed by atoms with Crippen molar-refractivity contribution in [2.45, 2.75) is 25.9 Å². The summed E-state index contributed by atoms with van der Waals surface area (Å²) >= 11 is 0. The first kappa shape index (κ1) is 14.1. The van der Waals surface area contributed by atoms with Crippen molar-refractivity contribution in [3.05, 3.63) is 58.8 Å². The second-order valence-corrected chi connectivity index (χ2v) is 6.00. The molecule has 1 aliphatic heterocycles. The Morgan fingerprint density at radius 1 is 1.26 bits per heavy atom. The van der Waals surface area contributed by atoms with E-state index in [-0.39, 0.29) is 11.6 Å². The van der Waals surface area contributed by atoms with Crippen molar-refractivity contribution in [2.24, 2.45) is 0 Å². The molecule has 5 nitrogen and oxygen atoms in total. The molecule has 0 radical (unpaired) electrons. The Bertz CT molecular complexity index is 917. The van der Waals surface area contributed by atoms with Gasteiger partial charge in [-0.1, -0.05) is 12.1 Å². The molecule has 1 aromatic carbocycles. The molecule has 3 heterocycles. The molecule has 0 bridgehead atoms. The highest BCUT2D eigenvalue weighted by atomic mass is 16.1. The van der Waals surface area contributed by atoms with Gasteiger partial charge in [-0.15, -0.1) is 0 Å². The van der Waals surface area contributed by atoms with Crippen molar-refractivity contribution >= 4 is 10.9 Å². The second kappa shape index (κ2) is 5.59. The molecule has 0 amide bonds. The van der Waals surface area contributed by atoms with E-state index in [1.165, 1.54) is 0 Å². The van der Waals surface area contributed by atoms with E-state index in [1.807, 2.05) is 41.0 Å². The van der Waals surface area contributed by atoms with E-state index in [4.69, 9.17) is 4.98 Å². The minimum atomic E-state index is 0.0492. The summed E-state index contributed by atoms with van der Waals surface area (Å²) in [4.78, 5) is 21.9. The normalized spacial score (nSPS) is 17.7.